The number of nitrogens with zero attached hydrogens (tertiary/aromatic N) is 12. The molecular formula is C36H36Cu2N12O12. The van der Waals surface area contributed by atoms with Crippen LogP contribution in [-0.2, 0) is 86.5 Å². The van der Waals surface area contributed by atoms with Crippen LogP contribution in [0.15, 0.2) is 72.8 Å². The van der Waals surface area contributed by atoms with Gasteiger partial charge in [-0.05, 0) is 48.5 Å². The Kier molecular flexibility index (Phi) is 24.8. The Bertz CT molecular complexity index is 1810. The Morgan fingerprint density at radius 2 is 0.468 bits per heavy atom. The van der Waals surface area contributed by atoms with E-state index in [4.69, 9.17) is 81.2 Å². The molecule has 24 nitrogen and oxygen atoms in total. The molecular weight excluding hydrogens is 920 g/mol. The molecule has 7 heterocycles. The zero-order valence-corrected chi connectivity index (χ0v) is 34.2. The number of aromatic nitrogens is 4. The number of fused-ring (bicyclic) bond motifs is 8. The normalized spacial score (nSPS) is 18.1. The summed E-state index contributed by atoms with van der Waals surface area (Å²) >= 11 is 0. The first-order valence-electron chi connectivity index (χ1n) is 17.5. The molecule has 0 unspecified atom stereocenters. The predicted octanol–water partition coefficient (Wildman–Crippen LogP) is 2.66. The van der Waals surface area contributed by atoms with Gasteiger partial charge in [-0.15, -0.1) is 0 Å². The van der Waals surface area contributed by atoms with Gasteiger partial charge in [0.05, 0.1) is 92.1 Å². The van der Waals surface area contributed by atoms with Gasteiger partial charge in [0.15, 0.2) is 0 Å². The van der Waals surface area contributed by atoms with Gasteiger partial charge in [-0.3, -0.25) is 39.5 Å². The summed E-state index contributed by atoms with van der Waals surface area (Å²) in [6.45, 7) is 8.19. The number of rotatable bonds is 0. The SMILES string of the molecule is C1#CCN2Cc3cccc(n3)CN(CC#CCN3Cc4cccc(n4)CN(C1)Cc1cccc(n1)C3)Cc1cccc(n1)C2.O=[N+]([O-])[O-].O=[N+]([O-])[O-].O=[N+]([O-])[O-].O=[N+]([O-])[O-].[Cu+2].[Cu+2]. The minimum atomic E-state index is -1.75. The molecule has 62 heavy (non-hydrogen) atoms. The zero-order valence-electron chi connectivity index (χ0n) is 32.3. The Balaban J connectivity index is 0.000000925. The largest absolute Gasteiger partial charge is 2.00 e. The number of pyridine rings is 4. The summed E-state index contributed by atoms with van der Waals surface area (Å²) < 4.78 is 0. The van der Waals surface area contributed by atoms with E-state index in [2.05, 4.69) is 116 Å². The van der Waals surface area contributed by atoms with Crippen LogP contribution in [0.3, 0.4) is 0 Å². The molecule has 12 bridgehead atoms. The van der Waals surface area contributed by atoms with Gasteiger partial charge in [-0.1, -0.05) is 47.9 Å². The molecule has 0 fully saturated rings. The Labute approximate surface area is 374 Å². The molecule has 0 aromatic carbocycles. The van der Waals surface area contributed by atoms with E-state index in [0.29, 0.717) is 78.5 Å². The summed E-state index contributed by atoms with van der Waals surface area (Å²) in [5, 5.41) is 59.0. The molecule has 3 aliphatic heterocycles. The fourth-order valence-electron chi connectivity index (χ4n) is 6.00. The minimum Gasteiger partial charge on any atom is -0.356 e. The van der Waals surface area contributed by atoms with Crippen molar-refractivity contribution < 1.29 is 54.5 Å². The van der Waals surface area contributed by atoms with E-state index in [1.807, 2.05) is 0 Å². The summed E-state index contributed by atoms with van der Waals surface area (Å²) in [6.07, 6.45) is 0. The van der Waals surface area contributed by atoms with Crippen LogP contribution in [0, 0.1) is 85.0 Å². The van der Waals surface area contributed by atoms with Crippen molar-refractivity contribution in [2.24, 2.45) is 0 Å². The van der Waals surface area contributed by atoms with Gasteiger partial charge in [0, 0.05) is 52.4 Å². The van der Waals surface area contributed by atoms with Crippen LogP contribution in [0.4, 0.5) is 0 Å². The van der Waals surface area contributed by atoms with Gasteiger partial charge < -0.3 is 61.3 Å². The van der Waals surface area contributed by atoms with Crippen LogP contribution >= 0.6 is 0 Å². The summed E-state index contributed by atoms with van der Waals surface area (Å²) in [6, 6.07) is 25.4. The monoisotopic (exact) mass is 954 g/mol. The van der Waals surface area contributed by atoms with Crippen molar-refractivity contribution in [1.29, 1.82) is 0 Å². The summed E-state index contributed by atoms with van der Waals surface area (Å²) in [4.78, 5) is 62.5. The van der Waals surface area contributed by atoms with Gasteiger partial charge in [0.1, 0.15) is 0 Å². The first-order chi connectivity index (χ1) is 28.6. The van der Waals surface area contributed by atoms with Crippen molar-refractivity contribution in [3.8, 4) is 23.7 Å². The summed E-state index contributed by atoms with van der Waals surface area (Å²) in [5.74, 6) is 13.9. The molecule has 0 amide bonds. The molecule has 3 aliphatic rings. The first kappa shape index (κ1) is 53.4. The van der Waals surface area contributed by atoms with E-state index in [0.717, 1.165) is 45.6 Å². The Hall–Kier alpha value is -6.60. The third-order valence-electron chi connectivity index (χ3n) is 8.00. The minimum absolute atomic E-state index is 0. The van der Waals surface area contributed by atoms with Crippen molar-refractivity contribution in [1.82, 2.24) is 39.5 Å². The quantitative estimate of drug-likeness (QED) is 0.106. The zero-order chi connectivity index (χ0) is 43.9. The fraction of sp³-hybridized carbons (Fsp3) is 0.333. The van der Waals surface area contributed by atoms with Crippen LogP contribution in [0.1, 0.15) is 45.6 Å². The van der Waals surface area contributed by atoms with Crippen LogP contribution < -0.4 is 0 Å². The first-order valence-corrected chi connectivity index (χ1v) is 17.5. The maximum absolute atomic E-state index is 8.25. The van der Waals surface area contributed by atoms with Crippen LogP contribution in [0.2, 0.25) is 0 Å². The van der Waals surface area contributed by atoms with Crippen LogP contribution in [-0.4, -0.2) is 86.1 Å². The van der Waals surface area contributed by atoms with Crippen molar-refractivity contribution in [2.75, 3.05) is 26.2 Å². The van der Waals surface area contributed by atoms with Crippen molar-refractivity contribution in [2.45, 2.75) is 52.4 Å². The van der Waals surface area contributed by atoms with E-state index >= 15 is 0 Å². The molecule has 26 heteroatoms. The summed E-state index contributed by atoms with van der Waals surface area (Å²) in [7, 11) is 0. The fourth-order valence-corrected chi connectivity index (χ4v) is 6.00. The molecule has 0 saturated carbocycles. The maximum atomic E-state index is 8.25. The van der Waals surface area contributed by atoms with Gasteiger partial charge in [0.25, 0.3) is 0 Å². The average molecular weight is 956 g/mol. The third-order valence-corrected chi connectivity index (χ3v) is 8.00. The van der Waals surface area contributed by atoms with Crippen molar-refractivity contribution >= 4 is 0 Å². The second kappa shape index (κ2) is 28.8. The van der Waals surface area contributed by atoms with E-state index in [-0.39, 0.29) is 34.1 Å². The van der Waals surface area contributed by atoms with Gasteiger partial charge in [-0.25, -0.2) is 0 Å². The van der Waals surface area contributed by atoms with E-state index in [1.54, 1.807) is 0 Å². The molecule has 0 N–H and O–H groups in total. The molecule has 7 rings (SSSR count). The van der Waals surface area contributed by atoms with E-state index in [1.165, 1.54) is 0 Å². The van der Waals surface area contributed by atoms with Crippen LogP contribution in [0.25, 0.3) is 0 Å². The molecule has 4 aromatic heterocycles. The Morgan fingerprint density at radius 3 is 0.597 bits per heavy atom. The molecule has 0 saturated heterocycles. The maximum Gasteiger partial charge on any atom is 2.00 e. The van der Waals surface area contributed by atoms with Gasteiger partial charge in [0.2, 0.25) is 0 Å². The molecule has 334 valence electrons. The molecule has 2 radical (unpaired) electrons. The van der Waals surface area contributed by atoms with Crippen molar-refractivity contribution in [3.05, 3.63) is 180 Å². The predicted molar refractivity (Wildman–Crippen MR) is 210 cm³/mol. The third kappa shape index (κ3) is 23.3. The topological polar surface area (TPSA) is 329 Å². The summed E-state index contributed by atoms with van der Waals surface area (Å²) in [5.41, 5.74) is 8.37. The second-order valence-electron chi connectivity index (χ2n) is 12.7. The standard InChI is InChI=1S/C36H36N8.2Cu.4NO3/c1-2-18-42-23-31-11-7-15-35(39-31)27-44(28-36-16-8-12-32(24-42)40-36)20-4-3-19-43-25-33-13-5-9-29(37-33)21-41(17-1)22-30-10-6-14-34(26-43)38-30;;;4*2-1(3)4/h5-16H,17-28H2;;;;;;/q;2*+2;4*-1. The molecule has 0 aliphatic carbocycles. The molecule has 4 aromatic rings. The average Bonchev–Trinajstić information content (AvgIpc) is 3.14. The number of hydrogen-bond donors (Lipinski definition) is 0. The smallest absolute Gasteiger partial charge is 0.356 e. The van der Waals surface area contributed by atoms with Gasteiger partial charge >= 0.3 is 34.1 Å². The Morgan fingerprint density at radius 1 is 0.339 bits per heavy atom. The number of hydrogen-bond acceptors (Lipinski definition) is 20. The van der Waals surface area contributed by atoms with E-state index < -0.39 is 20.3 Å². The molecule has 0 atom stereocenters. The van der Waals surface area contributed by atoms with Gasteiger partial charge in [-0.2, -0.15) is 0 Å². The van der Waals surface area contributed by atoms with E-state index in [9.17, 15) is 0 Å². The van der Waals surface area contributed by atoms with Crippen molar-refractivity contribution in [3.63, 3.8) is 0 Å². The molecule has 0 spiro atoms. The second-order valence-corrected chi connectivity index (χ2v) is 12.7. The van der Waals surface area contributed by atoms with Crippen LogP contribution in [0.5, 0.6) is 0 Å².